The highest BCUT2D eigenvalue weighted by Gasteiger charge is 2.49. The number of rotatable bonds is 14. The van der Waals surface area contributed by atoms with Gasteiger partial charge in [-0.15, -0.1) is 0 Å². The van der Waals surface area contributed by atoms with E-state index in [0.29, 0.717) is 43.3 Å². The van der Waals surface area contributed by atoms with Gasteiger partial charge in [-0.25, -0.2) is 4.79 Å². The Labute approximate surface area is 262 Å². The molecule has 0 spiro atoms. The molecule has 0 bridgehead atoms. The highest BCUT2D eigenvalue weighted by molar-refractivity contribution is 6.99. The summed E-state index contributed by atoms with van der Waals surface area (Å²) in [5.74, 6) is 1.54. The van der Waals surface area contributed by atoms with Crippen molar-refractivity contribution in [2.75, 3.05) is 27.4 Å². The van der Waals surface area contributed by atoms with E-state index in [1.807, 2.05) is 30.3 Å². The van der Waals surface area contributed by atoms with Gasteiger partial charge in [-0.1, -0.05) is 99.1 Å². The highest BCUT2D eigenvalue weighted by Crippen LogP contribution is 2.37. The fourth-order valence-electron chi connectivity index (χ4n) is 5.51. The second-order valence-electron chi connectivity index (χ2n) is 11.9. The Morgan fingerprint density at radius 1 is 0.864 bits per heavy atom. The molecular weight excluding hydrogens is 568 g/mol. The van der Waals surface area contributed by atoms with Crippen LogP contribution in [0.2, 0.25) is 5.04 Å². The third-order valence-electron chi connectivity index (χ3n) is 7.76. The molecule has 0 fully saturated rings. The molecule has 1 aromatic heterocycles. The molecule has 3 aromatic carbocycles. The van der Waals surface area contributed by atoms with E-state index in [9.17, 15) is 4.79 Å². The molecule has 0 unspecified atom stereocenters. The molecule has 0 aliphatic rings. The maximum Gasteiger partial charge on any atom is 0.341 e. The molecule has 0 aliphatic heterocycles. The molecule has 0 N–H and O–H groups in total. The van der Waals surface area contributed by atoms with Crippen LogP contribution >= 0.6 is 0 Å². The number of methoxy groups -OCH3 is 2. The predicted molar refractivity (Wildman–Crippen MR) is 178 cm³/mol. The highest BCUT2D eigenvalue weighted by atomic mass is 28.4. The molecule has 0 amide bonds. The average Bonchev–Trinajstić information content (AvgIpc) is 3.43. The maximum absolute atomic E-state index is 12.5. The second-order valence-corrected chi connectivity index (χ2v) is 16.2. The standard InChI is InChI=1S/C37H44O6Si/c1-28(21-24-42-44(37(2,3)4,32-13-9-7-10-14-32)33-15-11-8-12-16-33)25-31-26-34(36(38)40-6)35(43-31)22-23-41-27-29-17-19-30(39-5)20-18-29/h7-20,25-26H,21-24,27H2,1-6H3/b28-25+. The molecule has 44 heavy (non-hydrogen) atoms. The van der Waals surface area contributed by atoms with Crippen molar-refractivity contribution < 1.29 is 27.8 Å². The van der Waals surface area contributed by atoms with Crippen LogP contribution in [0, 0.1) is 0 Å². The number of hydrogen-bond acceptors (Lipinski definition) is 6. The number of hydrogen-bond donors (Lipinski definition) is 0. The number of carbonyl (C=O) groups excluding carboxylic acids is 1. The predicted octanol–water partition coefficient (Wildman–Crippen LogP) is 7.20. The van der Waals surface area contributed by atoms with E-state index >= 15 is 0 Å². The van der Waals surface area contributed by atoms with E-state index in [4.69, 9.17) is 23.1 Å². The van der Waals surface area contributed by atoms with Crippen LogP contribution in [0.3, 0.4) is 0 Å². The van der Waals surface area contributed by atoms with Crippen molar-refractivity contribution in [2.24, 2.45) is 0 Å². The molecular formula is C37H44O6Si. The first-order valence-corrected chi connectivity index (χ1v) is 16.9. The Morgan fingerprint density at radius 3 is 2.02 bits per heavy atom. The van der Waals surface area contributed by atoms with Crippen LogP contribution in [0.25, 0.3) is 6.08 Å². The van der Waals surface area contributed by atoms with E-state index < -0.39 is 14.3 Å². The number of esters is 1. The molecule has 232 valence electrons. The first-order valence-electron chi connectivity index (χ1n) is 15.0. The van der Waals surface area contributed by atoms with Gasteiger partial charge in [0.2, 0.25) is 0 Å². The quantitative estimate of drug-likeness (QED) is 0.0852. The lowest BCUT2D eigenvalue weighted by atomic mass is 10.1. The number of carbonyl (C=O) groups is 1. The number of furan rings is 1. The van der Waals surface area contributed by atoms with Crippen LogP contribution < -0.4 is 15.1 Å². The van der Waals surface area contributed by atoms with Gasteiger partial charge in [0.15, 0.2) is 0 Å². The van der Waals surface area contributed by atoms with Crippen LogP contribution in [0.4, 0.5) is 0 Å². The van der Waals surface area contributed by atoms with Crippen LogP contribution in [-0.2, 0) is 26.9 Å². The van der Waals surface area contributed by atoms with Crippen molar-refractivity contribution in [2.45, 2.75) is 52.2 Å². The van der Waals surface area contributed by atoms with Crippen LogP contribution in [-0.4, -0.2) is 41.7 Å². The zero-order valence-corrected chi connectivity index (χ0v) is 27.7. The molecule has 4 rings (SSSR count). The summed E-state index contributed by atoms with van der Waals surface area (Å²) in [5, 5.41) is 2.43. The normalized spacial score (nSPS) is 12.3. The van der Waals surface area contributed by atoms with Gasteiger partial charge in [0, 0.05) is 13.0 Å². The van der Waals surface area contributed by atoms with Gasteiger partial charge < -0.3 is 23.1 Å². The molecule has 1 heterocycles. The number of benzene rings is 3. The minimum atomic E-state index is -2.61. The summed E-state index contributed by atoms with van der Waals surface area (Å²) in [6.45, 7) is 10.3. The van der Waals surface area contributed by atoms with Crippen molar-refractivity contribution in [1.82, 2.24) is 0 Å². The smallest absolute Gasteiger partial charge is 0.341 e. The number of ether oxygens (including phenoxy) is 3. The topological polar surface area (TPSA) is 67.1 Å². The Bertz CT molecular complexity index is 1460. The summed E-state index contributed by atoms with van der Waals surface area (Å²) in [6.07, 6.45) is 3.15. The summed E-state index contributed by atoms with van der Waals surface area (Å²) >= 11 is 0. The Balaban J connectivity index is 1.45. The SMILES string of the molecule is COC(=O)c1cc(/C=C(\C)CCO[Si](c2ccccc2)(c2ccccc2)C(C)(C)C)oc1CCOCc1ccc(OC)cc1. The van der Waals surface area contributed by atoms with E-state index in [2.05, 4.69) is 88.4 Å². The van der Waals surface area contributed by atoms with Gasteiger partial charge in [0.25, 0.3) is 8.32 Å². The fourth-order valence-corrected chi connectivity index (χ4v) is 10.1. The van der Waals surface area contributed by atoms with Gasteiger partial charge in [-0.2, -0.15) is 0 Å². The minimum Gasteiger partial charge on any atom is -0.497 e. The Morgan fingerprint density at radius 2 is 1.48 bits per heavy atom. The van der Waals surface area contributed by atoms with E-state index in [1.54, 1.807) is 13.2 Å². The molecule has 0 aliphatic carbocycles. The lowest BCUT2D eigenvalue weighted by Gasteiger charge is -2.43. The van der Waals surface area contributed by atoms with Gasteiger partial charge in [-0.3, -0.25) is 0 Å². The van der Waals surface area contributed by atoms with Crippen LogP contribution in [0.1, 0.15) is 61.6 Å². The maximum atomic E-state index is 12.5. The minimum absolute atomic E-state index is 0.0892. The third kappa shape index (κ3) is 7.97. The summed E-state index contributed by atoms with van der Waals surface area (Å²) in [5.41, 5.74) is 2.55. The Hall–Kier alpha value is -3.91. The first-order chi connectivity index (χ1) is 21.2. The molecule has 0 saturated heterocycles. The second kappa shape index (κ2) is 15.2. The lowest BCUT2D eigenvalue weighted by Crippen LogP contribution is -2.66. The van der Waals surface area contributed by atoms with Crippen molar-refractivity contribution in [3.63, 3.8) is 0 Å². The first kappa shape index (κ1) is 33.0. The fraction of sp³-hybridized carbons (Fsp3) is 0.324. The molecule has 0 saturated carbocycles. The van der Waals surface area contributed by atoms with E-state index in [-0.39, 0.29) is 5.04 Å². The Kier molecular flexibility index (Phi) is 11.4. The summed E-state index contributed by atoms with van der Waals surface area (Å²) in [7, 11) is 0.407. The van der Waals surface area contributed by atoms with Gasteiger partial charge >= 0.3 is 5.97 Å². The summed E-state index contributed by atoms with van der Waals surface area (Å²) in [6, 6.07) is 30.8. The monoisotopic (exact) mass is 612 g/mol. The van der Waals surface area contributed by atoms with Crippen molar-refractivity contribution in [1.29, 1.82) is 0 Å². The van der Waals surface area contributed by atoms with Crippen molar-refractivity contribution >= 4 is 30.7 Å². The van der Waals surface area contributed by atoms with Gasteiger partial charge in [-0.05, 0) is 58.6 Å². The molecule has 0 atom stereocenters. The zero-order chi connectivity index (χ0) is 31.6. The van der Waals surface area contributed by atoms with Crippen LogP contribution in [0.5, 0.6) is 5.75 Å². The van der Waals surface area contributed by atoms with E-state index in [1.165, 1.54) is 17.5 Å². The summed E-state index contributed by atoms with van der Waals surface area (Å²) in [4.78, 5) is 12.5. The lowest BCUT2D eigenvalue weighted by molar-refractivity contribution is 0.0596. The largest absolute Gasteiger partial charge is 0.497 e. The molecule has 6 nitrogen and oxygen atoms in total. The van der Waals surface area contributed by atoms with Crippen molar-refractivity contribution in [3.05, 3.63) is 119 Å². The molecule has 4 aromatic rings. The molecule has 0 radical (unpaired) electrons. The average molecular weight is 613 g/mol. The van der Waals surface area contributed by atoms with Crippen LogP contribution in [0.15, 0.2) is 101 Å². The van der Waals surface area contributed by atoms with Crippen molar-refractivity contribution in [3.8, 4) is 5.75 Å². The summed E-state index contributed by atoms with van der Waals surface area (Å²) < 4.78 is 29.3. The van der Waals surface area contributed by atoms with Gasteiger partial charge in [0.05, 0.1) is 27.4 Å². The zero-order valence-electron chi connectivity index (χ0n) is 26.7. The molecule has 7 heteroatoms. The van der Waals surface area contributed by atoms with E-state index in [0.717, 1.165) is 23.3 Å². The van der Waals surface area contributed by atoms with Gasteiger partial charge in [0.1, 0.15) is 22.8 Å². The third-order valence-corrected chi connectivity index (χ3v) is 12.8.